The zero-order valence-corrected chi connectivity index (χ0v) is 11.7. The predicted molar refractivity (Wildman–Crippen MR) is 72.3 cm³/mol. The molecule has 1 fully saturated rings. The summed E-state index contributed by atoms with van der Waals surface area (Å²) in [7, 11) is 1.42. The van der Waals surface area contributed by atoms with Crippen LogP contribution in [0.5, 0.6) is 5.75 Å². The molecule has 0 aliphatic carbocycles. The topological polar surface area (TPSA) is 98.7 Å². The summed E-state index contributed by atoms with van der Waals surface area (Å²) in [5.74, 6) is 0.125. The average molecular weight is 330 g/mol. The fourth-order valence-corrected chi connectivity index (χ4v) is 2.68. The molecule has 1 aromatic rings. The molecule has 0 radical (unpaired) electrons. The lowest BCUT2D eigenvalue weighted by atomic mass is 10.2. The second kappa shape index (κ2) is 5.14. The number of hydrogen-bond donors (Lipinski definition) is 1. The van der Waals surface area contributed by atoms with E-state index in [2.05, 4.69) is 15.9 Å². The highest BCUT2D eigenvalue weighted by molar-refractivity contribution is 9.10. The van der Waals surface area contributed by atoms with Gasteiger partial charge in [0.1, 0.15) is 11.4 Å². The van der Waals surface area contributed by atoms with Gasteiger partial charge in [0.15, 0.2) is 0 Å². The van der Waals surface area contributed by atoms with Gasteiger partial charge in [0.2, 0.25) is 5.91 Å². The summed E-state index contributed by atoms with van der Waals surface area (Å²) in [4.78, 5) is 23.8. The third kappa shape index (κ3) is 2.54. The van der Waals surface area contributed by atoms with Crippen LogP contribution in [-0.2, 0) is 4.79 Å². The molecule has 0 spiro atoms. The zero-order chi connectivity index (χ0) is 14.2. The largest absolute Gasteiger partial charge is 0.496 e. The summed E-state index contributed by atoms with van der Waals surface area (Å²) in [6.45, 7) is 0.268. The van der Waals surface area contributed by atoms with Crippen molar-refractivity contribution in [2.75, 3.05) is 18.6 Å². The number of amides is 1. The highest BCUT2D eigenvalue weighted by Gasteiger charge is 2.34. The molecule has 1 atom stereocenters. The van der Waals surface area contributed by atoms with Crippen LogP contribution in [0.4, 0.5) is 11.4 Å². The van der Waals surface area contributed by atoms with Gasteiger partial charge < -0.3 is 15.4 Å². The molecule has 1 aromatic carbocycles. The number of carbonyl (C=O) groups is 1. The van der Waals surface area contributed by atoms with Crippen molar-refractivity contribution >= 4 is 33.2 Å². The quantitative estimate of drug-likeness (QED) is 0.668. The van der Waals surface area contributed by atoms with Crippen LogP contribution in [0.3, 0.4) is 0 Å². The smallest absolute Gasteiger partial charge is 0.297 e. The summed E-state index contributed by atoms with van der Waals surface area (Å²) >= 11 is 3.25. The van der Waals surface area contributed by atoms with Crippen molar-refractivity contribution in [1.82, 2.24) is 0 Å². The second-order valence-electron chi connectivity index (χ2n) is 4.20. The van der Waals surface area contributed by atoms with Crippen LogP contribution >= 0.6 is 15.9 Å². The van der Waals surface area contributed by atoms with E-state index in [1.54, 1.807) is 6.07 Å². The van der Waals surface area contributed by atoms with Crippen molar-refractivity contribution in [3.63, 3.8) is 0 Å². The number of ether oxygens (including phenoxy) is 1. The van der Waals surface area contributed by atoms with E-state index >= 15 is 0 Å². The Kier molecular flexibility index (Phi) is 3.72. The van der Waals surface area contributed by atoms with Crippen LogP contribution in [0.2, 0.25) is 0 Å². The van der Waals surface area contributed by atoms with E-state index in [1.165, 1.54) is 18.1 Å². The number of carbonyl (C=O) groups excluding carboxylic acids is 1. The Bertz CT molecular complexity index is 549. The zero-order valence-electron chi connectivity index (χ0n) is 10.1. The van der Waals surface area contributed by atoms with Gasteiger partial charge in [-0.1, -0.05) is 0 Å². The summed E-state index contributed by atoms with van der Waals surface area (Å²) < 4.78 is 5.42. The molecule has 1 aliphatic heterocycles. The van der Waals surface area contributed by atoms with E-state index in [9.17, 15) is 14.9 Å². The van der Waals surface area contributed by atoms with Crippen LogP contribution in [0.1, 0.15) is 6.42 Å². The van der Waals surface area contributed by atoms with Gasteiger partial charge in [-0.25, -0.2) is 0 Å². The van der Waals surface area contributed by atoms with Crippen LogP contribution in [-0.4, -0.2) is 30.5 Å². The van der Waals surface area contributed by atoms with Gasteiger partial charge in [0.25, 0.3) is 5.69 Å². The second-order valence-corrected chi connectivity index (χ2v) is 5.06. The first-order valence-electron chi connectivity index (χ1n) is 5.52. The predicted octanol–water partition coefficient (Wildman–Crippen LogP) is 1.43. The Labute approximate surface area is 117 Å². The number of anilines is 1. The van der Waals surface area contributed by atoms with Gasteiger partial charge in [-0.15, -0.1) is 0 Å². The molecule has 1 aliphatic rings. The molecule has 0 bridgehead atoms. The Balaban J connectivity index is 2.55. The van der Waals surface area contributed by atoms with Gasteiger partial charge in [-0.3, -0.25) is 14.9 Å². The van der Waals surface area contributed by atoms with Crippen LogP contribution in [0.25, 0.3) is 0 Å². The summed E-state index contributed by atoms with van der Waals surface area (Å²) in [6, 6.07) is 2.57. The first-order valence-corrected chi connectivity index (χ1v) is 6.31. The van der Waals surface area contributed by atoms with Gasteiger partial charge >= 0.3 is 0 Å². The minimum absolute atomic E-state index is 0.186. The molecule has 8 heteroatoms. The molecule has 102 valence electrons. The lowest BCUT2D eigenvalue weighted by Crippen LogP contribution is -2.28. The maximum atomic E-state index is 11.8. The standard InChI is InChI=1S/C11H12BrN3O4/c1-19-7-3-8(12)11(9(4-7)15(17)18)14-5-6(13)2-10(14)16/h3-4,6H,2,5,13H2,1H3. The van der Waals surface area contributed by atoms with Crippen molar-refractivity contribution in [2.24, 2.45) is 5.73 Å². The van der Waals surface area contributed by atoms with E-state index in [1.807, 2.05) is 0 Å². The maximum absolute atomic E-state index is 11.8. The molecule has 2 rings (SSSR count). The Morgan fingerprint density at radius 3 is 2.74 bits per heavy atom. The van der Waals surface area contributed by atoms with Crippen molar-refractivity contribution in [3.8, 4) is 5.75 Å². The normalized spacial score (nSPS) is 18.8. The van der Waals surface area contributed by atoms with Crippen LogP contribution in [0.15, 0.2) is 16.6 Å². The van der Waals surface area contributed by atoms with Gasteiger partial charge in [0.05, 0.1) is 22.6 Å². The van der Waals surface area contributed by atoms with E-state index in [-0.39, 0.29) is 36.3 Å². The number of nitrogens with zero attached hydrogens (tertiary/aromatic N) is 2. The number of benzene rings is 1. The molecule has 1 heterocycles. The minimum Gasteiger partial charge on any atom is -0.496 e. The summed E-state index contributed by atoms with van der Waals surface area (Å²) in [5, 5.41) is 11.1. The molecule has 0 aromatic heterocycles. The average Bonchev–Trinajstić information content (AvgIpc) is 2.66. The van der Waals surface area contributed by atoms with Gasteiger partial charge in [-0.05, 0) is 22.0 Å². The number of nitro benzene ring substituents is 1. The first-order chi connectivity index (χ1) is 8.93. The van der Waals surface area contributed by atoms with Gasteiger partial charge in [0, 0.05) is 19.0 Å². The fourth-order valence-electron chi connectivity index (χ4n) is 2.04. The van der Waals surface area contributed by atoms with Crippen molar-refractivity contribution in [2.45, 2.75) is 12.5 Å². The first kappa shape index (κ1) is 13.8. The highest BCUT2D eigenvalue weighted by Crippen LogP contribution is 2.40. The van der Waals surface area contributed by atoms with Gasteiger partial charge in [-0.2, -0.15) is 0 Å². The lowest BCUT2D eigenvalue weighted by molar-refractivity contribution is -0.384. The van der Waals surface area contributed by atoms with E-state index in [4.69, 9.17) is 10.5 Å². The number of nitrogens with two attached hydrogens (primary N) is 1. The number of halogens is 1. The molecular weight excluding hydrogens is 318 g/mol. The molecule has 19 heavy (non-hydrogen) atoms. The number of hydrogen-bond acceptors (Lipinski definition) is 5. The van der Waals surface area contributed by atoms with E-state index in [0.717, 1.165) is 0 Å². The Hall–Kier alpha value is -1.67. The van der Waals surface area contributed by atoms with E-state index < -0.39 is 4.92 Å². The Morgan fingerprint density at radius 2 is 2.26 bits per heavy atom. The molecule has 7 nitrogen and oxygen atoms in total. The fraction of sp³-hybridized carbons (Fsp3) is 0.364. The number of nitro groups is 1. The van der Waals surface area contributed by atoms with E-state index in [0.29, 0.717) is 10.2 Å². The monoisotopic (exact) mass is 329 g/mol. The van der Waals surface area contributed by atoms with Crippen molar-refractivity contribution in [1.29, 1.82) is 0 Å². The number of methoxy groups -OCH3 is 1. The highest BCUT2D eigenvalue weighted by atomic mass is 79.9. The van der Waals surface area contributed by atoms with Crippen LogP contribution in [0, 0.1) is 10.1 Å². The minimum atomic E-state index is -0.542. The summed E-state index contributed by atoms with van der Waals surface area (Å²) in [5.41, 5.74) is 5.75. The molecule has 1 unspecified atom stereocenters. The molecular formula is C11H12BrN3O4. The number of rotatable bonds is 3. The third-order valence-corrected chi connectivity index (χ3v) is 3.48. The lowest BCUT2D eigenvalue weighted by Gasteiger charge is -2.18. The molecule has 1 amide bonds. The van der Waals surface area contributed by atoms with Crippen LogP contribution < -0.4 is 15.4 Å². The molecule has 2 N–H and O–H groups in total. The SMILES string of the molecule is COc1cc(Br)c(N2CC(N)CC2=O)c([N+](=O)[O-])c1. The van der Waals surface area contributed by atoms with Crippen molar-refractivity contribution in [3.05, 3.63) is 26.7 Å². The maximum Gasteiger partial charge on any atom is 0.297 e. The molecule has 0 saturated carbocycles. The summed E-state index contributed by atoms with van der Waals surface area (Å²) in [6.07, 6.45) is 0.190. The van der Waals surface area contributed by atoms with Crippen molar-refractivity contribution < 1.29 is 14.5 Å². The Morgan fingerprint density at radius 1 is 1.58 bits per heavy atom. The third-order valence-electron chi connectivity index (χ3n) is 2.87. The molecule has 1 saturated heterocycles.